The van der Waals surface area contributed by atoms with Crippen LogP contribution in [0.1, 0.15) is 239 Å². The number of esters is 1. The molecular weight excluding hydrogens is 659 g/mol. The molecule has 0 aromatic rings. The van der Waals surface area contributed by atoms with Crippen molar-refractivity contribution in [1.29, 1.82) is 0 Å². The molecule has 6 nitrogen and oxygen atoms in total. The largest absolute Gasteiger partial charge is 0.466 e. The SMILES string of the molecule is CCCCCCCC/C=C\CCCCCCCC(=O)OCCCCCC/C=C\CCCC(=O)NC(CO)C(O)CCCCCCCCCCCCCC. The van der Waals surface area contributed by atoms with Crippen molar-refractivity contribution in [3.63, 3.8) is 0 Å². The van der Waals surface area contributed by atoms with Gasteiger partial charge in [-0.3, -0.25) is 9.59 Å². The Morgan fingerprint density at radius 3 is 1.38 bits per heavy atom. The van der Waals surface area contributed by atoms with Gasteiger partial charge in [-0.15, -0.1) is 0 Å². The fourth-order valence-electron chi connectivity index (χ4n) is 6.87. The molecule has 0 fully saturated rings. The Kier molecular flexibility index (Phi) is 41.7. The van der Waals surface area contributed by atoms with Crippen LogP contribution in [-0.2, 0) is 14.3 Å². The molecule has 0 spiro atoms. The molecule has 0 bridgehead atoms. The summed E-state index contributed by atoms with van der Waals surface area (Å²) in [6.07, 6.45) is 48.5. The Hall–Kier alpha value is -1.66. The zero-order valence-corrected chi connectivity index (χ0v) is 35.2. The van der Waals surface area contributed by atoms with E-state index < -0.39 is 12.1 Å². The molecule has 0 rings (SSSR count). The van der Waals surface area contributed by atoms with Gasteiger partial charge in [0.15, 0.2) is 0 Å². The van der Waals surface area contributed by atoms with Crippen LogP contribution in [0.3, 0.4) is 0 Å². The predicted octanol–water partition coefficient (Wildman–Crippen LogP) is 13.2. The van der Waals surface area contributed by atoms with E-state index in [2.05, 4.69) is 43.5 Å². The average Bonchev–Trinajstić information content (AvgIpc) is 3.16. The molecule has 0 aliphatic heterocycles. The topological polar surface area (TPSA) is 95.9 Å². The molecule has 312 valence electrons. The predicted molar refractivity (Wildman–Crippen MR) is 227 cm³/mol. The number of allylic oxidation sites excluding steroid dienone is 4. The molecule has 2 unspecified atom stereocenters. The summed E-state index contributed by atoms with van der Waals surface area (Å²) in [5.41, 5.74) is 0. The maximum Gasteiger partial charge on any atom is 0.305 e. The van der Waals surface area contributed by atoms with Crippen molar-refractivity contribution < 1.29 is 24.5 Å². The first kappa shape index (κ1) is 51.3. The lowest BCUT2D eigenvalue weighted by Gasteiger charge is -2.22. The molecule has 53 heavy (non-hydrogen) atoms. The van der Waals surface area contributed by atoms with Gasteiger partial charge in [-0.05, 0) is 70.6 Å². The number of amides is 1. The number of carbonyl (C=O) groups is 2. The molecule has 0 aliphatic rings. The maximum atomic E-state index is 12.4. The van der Waals surface area contributed by atoms with Gasteiger partial charge in [-0.1, -0.05) is 179 Å². The Labute approximate surface area is 329 Å². The first-order valence-corrected chi connectivity index (χ1v) is 23.1. The van der Waals surface area contributed by atoms with Crippen LogP contribution in [0.15, 0.2) is 24.3 Å². The van der Waals surface area contributed by atoms with Crippen LogP contribution in [0.25, 0.3) is 0 Å². The molecule has 0 saturated carbocycles. The van der Waals surface area contributed by atoms with Gasteiger partial charge in [0.1, 0.15) is 0 Å². The minimum atomic E-state index is -0.694. The van der Waals surface area contributed by atoms with E-state index in [1.165, 1.54) is 135 Å². The maximum absolute atomic E-state index is 12.4. The van der Waals surface area contributed by atoms with E-state index in [-0.39, 0.29) is 18.5 Å². The zero-order valence-electron chi connectivity index (χ0n) is 35.2. The Bertz CT molecular complexity index is 828. The van der Waals surface area contributed by atoms with Crippen molar-refractivity contribution in [2.24, 2.45) is 0 Å². The number of hydrogen-bond donors (Lipinski definition) is 3. The highest BCUT2D eigenvalue weighted by molar-refractivity contribution is 5.76. The number of hydrogen-bond acceptors (Lipinski definition) is 5. The van der Waals surface area contributed by atoms with Crippen LogP contribution in [0, 0.1) is 0 Å². The van der Waals surface area contributed by atoms with Crippen molar-refractivity contribution in [3.05, 3.63) is 24.3 Å². The van der Waals surface area contributed by atoms with Crippen LogP contribution in [0.4, 0.5) is 0 Å². The van der Waals surface area contributed by atoms with Crippen LogP contribution in [0.5, 0.6) is 0 Å². The highest BCUT2D eigenvalue weighted by Gasteiger charge is 2.19. The van der Waals surface area contributed by atoms with E-state index >= 15 is 0 Å². The number of nitrogens with one attached hydrogen (secondary N) is 1. The molecular formula is C47H89NO5. The first-order chi connectivity index (χ1) is 26.0. The zero-order chi connectivity index (χ0) is 38.7. The highest BCUT2D eigenvalue weighted by atomic mass is 16.5. The summed E-state index contributed by atoms with van der Waals surface area (Å²) in [5, 5.41) is 23.1. The van der Waals surface area contributed by atoms with Gasteiger partial charge in [0.2, 0.25) is 5.91 Å². The van der Waals surface area contributed by atoms with Crippen molar-refractivity contribution >= 4 is 11.9 Å². The molecule has 0 saturated heterocycles. The van der Waals surface area contributed by atoms with Crippen molar-refractivity contribution in [3.8, 4) is 0 Å². The number of rotatable bonds is 42. The molecule has 0 radical (unpaired) electrons. The van der Waals surface area contributed by atoms with Crippen LogP contribution in [0.2, 0.25) is 0 Å². The minimum Gasteiger partial charge on any atom is -0.466 e. The number of unbranched alkanes of at least 4 members (excludes halogenated alkanes) is 27. The number of aliphatic hydroxyl groups excluding tert-OH is 2. The summed E-state index contributed by atoms with van der Waals surface area (Å²) >= 11 is 0. The lowest BCUT2D eigenvalue weighted by molar-refractivity contribution is -0.143. The van der Waals surface area contributed by atoms with Gasteiger partial charge in [0.05, 0.1) is 25.4 Å². The van der Waals surface area contributed by atoms with Gasteiger partial charge in [0, 0.05) is 12.8 Å². The number of ether oxygens (including phenoxy) is 1. The third kappa shape index (κ3) is 39.8. The molecule has 2 atom stereocenters. The quantitative estimate of drug-likeness (QED) is 0.0328. The lowest BCUT2D eigenvalue weighted by atomic mass is 10.0. The van der Waals surface area contributed by atoms with Gasteiger partial charge in [0.25, 0.3) is 0 Å². The Morgan fingerprint density at radius 1 is 0.509 bits per heavy atom. The standard InChI is InChI=1S/C47H89NO5/c1-3-5-7-9-11-13-15-17-18-19-21-25-29-33-37-41-47(52)53-42-38-34-30-26-22-24-28-32-36-40-46(51)48-44(43-49)45(50)39-35-31-27-23-20-16-14-12-10-8-6-4-2/h17-18,24,28,44-45,49-50H,3-16,19-23,25-27,29-43H2,1-2H3,(H,48,51)/b18-17-,28-24-. The Morgan fingerprint density at radius 2 is 0.906 bits per heavy atom. The smallest absolute Gasteiger partial charge is 0.305 e. The van der Waals surface area contributed by atoms with Crippen LogP contribution < -0.4 is 5.32 Å². The summed E-state index contributed by atoms with van der Waals surface area (Å²) in [5.74, 6) is -0.142. The van der Waals surface area contributed by atoms with Crippen molar-refractivity contribution in [2.45, 2.75) is 251 Å². The summed E-state index contributed by atoms with van der Waals surface area (Å²) in [4.78, 5) is 24.4. The molecule has 6 heteroatoms. The second-order valence-electron chi connectivity index (χ2n) is 15.7. The number of carbonyl (C=O) groups excluding carboxylic acids is 2. The third-order valence-corrected chi connectivity index (χ3v) is 10.5. The van der Waals surface area contributed by atoms with Crippen molar-refractivity contribution in [2.75, 3.05) is 13.2 Å². The summed E-state index contributed by atoms with van der Waals surface area (Å²) in [6.45, 7) is 4.83. The van der Waals surface area contributed by atoms with Crippen molar-refractivity contribution in [1.82, 2.24) is 5.32 Å². The van der Waals surface area contributed by atoms with Gasteiger partial charge >= 0.3 is 5.97 Å². The second kappa shape index (κ2) is 43.1. The highest BCUT2D eigenvalue weighted by Crippen LogP contribution is 2.15. The van der Waals surface area contributed by atoms with Gasteiger partial charge in [-0.2, -0.15) is 0 Å². The lowest BCUT2D eigenvalue weighted by Crippen LogP contribution is -2.45. The van der Waals surface area contributed by atoms with Gasteiger partial charge < -0.3 is 20.3 Å². The fourth-order valence-corrected chi connectivity index (χ4v) is 6.87. The molecule has 3 N–H and O–H groups in total. The number of aliphatic hydroxyl groups is 2. The summed E-state index contributed by atoms with van der Waals surface area (Å²) in [6, 6.07) is -0.578. The van der Waals surface area contributed by atoms with Crippen LogP contribution in [-0.4, -0.2) is 47.4 Å². The average molecular weight is 748 g/mol. The Balaban J connectivity index is 3.55. The molecule has 1 amide bonds. The molecule has 0 heterocycles. The van der Waals surface area contributed by atoms with E-state index in [0.29, 0.717) is 25.9 Å². The van der Waals surface area contributed by atoms with E-state index in [0.717, 1.165) is 70.6 Å². The van der Waals surface area contributed by atoms with E-state index in [9.17, 15) is 19.8 Å². The second-order valence-corrected chi connectivity index (χ2v) is 15.7. The van der Waals surface area contributed by atoms with E-state index in [1.807, 2.05) is 0 Å². The third-order valence-electron chi connectivity index (χ3n) is 10.5. The minimum absolute atomic E-state index is 0.0443. The fraction of sp³-hybridized carbons (Fsp3) is 0.872. The molecule has 0 aliphatic carbocycles. The normalized spacial score (nSPS) is 12.9. The molecule has 0 aromatic heterocycles. The first-order valence-electron chi connectivity index (χ1n) is 23.1. The summed E-state index contributed by atoms with van der Waals surface area (Å²) < 4.78 is 5.42. The van der Waals surface area contributed by atoms with E-state index in [4.69, 9.17) is 4.74 Å². The van der Waals surface area contributed by atoms with Crippen LogP contribution >= 0.6 is 0 Å². The molecule has 0 aromatic carbocycles. The van der Waals surface area contributed by atoms with Gasteiger partial charge in [-0.25, -0.2) is 0 Å². The monoisotopic (exact) mass is 748 g/mol. The van der Waals surface area contributed by atoms with E-state index in [1.54, 1.807) is 0 Å². The summed E-state index contributed by atoms with van der Waals surface area (Å²) in [7, 11) is 0.